The van der Waals surface area contributed by atoms with E-state index >= 15 is 0 Å². The average molecular weight is 341 g/mol. The first-order valence-corrected chi connectivity index (χ1v) is 7.81. The molecular weight excluding hydrogens is 328 g/mol. The fourth-order valence-corrected chi connectivity index (χ4v) is 3.40. The van der Waals surface area contributed by atoms with Gasteiger partial charge in [0.2, 0.25) is 0 Å². The number of aryl methyl sites for hydroxylation is 1. The van der Waals surface area contributed by atoms with Gasteiger partial charge in [-0.25, -0.2) is 8.42 Å². The molecule has 19 heavy (non-hydrogen) atoms. The van der Waals surface area contributed by atoms with Crippen LogP contribution in [-0.4, -0.2) is 8.42 Å². The molecule has 0 aliphatic carbocycles. The van der Waals surface area contributed by atoms with Crippen LogP contribution in [0.25, 0.3) is 0 Å². The van der Waals surface area contributed by atoms with Crippen molar-refractivity contribution in [1.29, 1.82) is 0 Å². The van der Waals surface area contributed by atoms with E-state index in [1.54, 1.807) is 49.4 Å². The highest BCUT2D eigenvalue weighted by Crippen LogP contribution is 2.26. The van der Waals surface area contributed by atoms with Gasteiger partial charge in [0.1, 0.15) is 0 Å². The van der Waals surface area contributed by atoms with Crippen LogP contribution in [0.3, 0.4) is 0 Å². The number of sulfonamides is 1. The first-order chi connectivity index (χ1) is 8.90. The Morgan fingerprint density at radius 1 is 1.16 bits per heavy atom. The van der Waals surface area contributed by atoms with E-state index in [1.165, 1.54) is 0 Å². The summed E-state index contributed by atoms with van der Waals surface area (Å²) in [6, 6.07) is 11.8. The summed E-state index contributed by atoms with van der Waals surface area (Å²) in [6.07, 6.45) is 0. The molecule has 0 aliphatic rings. The third-order valence-electron chi connectivity index (χ3n) is 2.64. The van der Waals surface area contributed by atoms with Gasteiger partial charge in [0.05, 0.1) is 16.3 Å². The molecular formula is C13H13BrN2O2S. The molecule has 2 rings (SSSR count). The third kappa shape index (κ3) is 3.08. The topological polar surface area (TPSA) is 72.2 Å². The molecule has 0 aliphatic heterocycles. The van der Waals surface area contributed by atoms with E-state index in [2.05, 4.69) is 20.7 Å². The lowest BCUT2D eigenvalue weighted by Gasteiger charge is -2.12. The number of anilines is 2. The summed E-state index contributed by atoms with van der Waals surface area (Å²) < 4.78 is 27.9. The molecule has 0 fully saturated rings. The average Bonchev–Trinajstić information content (AvgIpc) is 2.33. The van der Waals surface area contributed by atoms with Crippen molar-refractivity contribution in [2.45, 2.75) is 11.8 Å². The summed E-state index contributed by atoms with van der Waals surface area (Å²) in [5, 5.41) is 0. The number of halogens is 1. The van der Waals surface area contributed by atoms with Gasteiger partial charge in [-0.15, -0.1) is 0 Å². The van der Waals surface area contributed by atoms with Crippen molar-refractivity contribution in [1.82, 2.24) is 0 Å². The summed E-state index contributed by atoms with van der Waals surface area (Å²) in [6.45, 7) is 1.75. The van der Waals surface area contributed by atoms with Crippen molar-refractivity contribution in [3.05, 3.63) is 52.5 Å². The van der Waals surface area contributed by atoms with Gasteiger partial charge in [-0.2, -0.15) is 0 Å². The first kappa shape index (κ1) is 13.9. The molecule has 6 heteroatoms. The summed E-state index contributed by atoms with van der Waals surface area (Å²) >= 11 is 3.28. The van der Waals surface area contributed by atoms with Crippen LogP contribution in [0.5, 0.6) is 0 Å². The fourth-order valence-electron chi connectivity index (χ4n) is 1.68. The number of nitrogens with two attached hydrogens (primary N) is 1. The summed E-state index contributed by atoms with van der Waals surface area (Å²) in [5.41, 5.74) is 7.21. The van der Waals surface area contributed by atoms with Gasteiger partial charge in [-0.3, -0.25) is 4.72 Å². The van der Waals surface area contributed by atoms with Gasteiger partial charge in [-0.05, 0) is 36.8 Å². The standard InChI is InChI=1S/C13H13BrN2O2S/c1-9-4-2-3-5-13(9)19(17,18)16-12-7-6-10(14)8-11(12)15/h2-8,16H,15H2,1H3. The molecule has 0 bridgehead atoms. The molecule has 0 aromatic heterocycles. The van der Waals surface area contributed by atoms with Crippen LogP contribution < -0.4 is 10.5 Å². The second kappa shape index (κ2) is 5.22. The molecule has 100 valence electrons. The highest BCUT2D eigenvalue weighted by molar-refractivity contribution is 9.10. The van der Waals surface area contributed by atoms with Crippen molar-refractivity contribution in [3.8, 4) is 0 Å². The molecule has 0 radical (unpaired) electrons. The van der Waals surface area contributed by atoms with E-state index in [4.69, 9.17) is 5.73 Å². The Morgan fingerprint density at radius 2 is 1.84 bits per heavy atom. The highest BCUT2D eigenvalue weighted by atomic mass is 79.9. The van der Waals surface area contributed by atoms with Gasteiger partial charge in [0.25, 0.3) is 10.0 Å². The Bertz CT molecular complexity index is 714. The molecule has 0 spiro atoms. The lowest BCUT2D eigenvalue weighted by Crippen LogP contribution is -2.15. The number of hydrogen-bond acceptors (Lipinski definition) is 3. The molecule has 2 aromatic rings. The number of nitrogens with one attached hydrogen (secondary N) is 1. The predicted molar refractivity (Wildman–Crippen MR) is 80.5 cm³/mol. The Labute approximate surface area is 120 Å². The third-order valence-corrected chi connectivity index (χ3v) is 4.66. The van der Waals surface area contributed by atoms with Gasteiger partial charge < -0.3 is 5.73 Å². The SMILES string of the molecule is Cc1ccccc1S(=O)(=O)Nc1ccc(Br)cc1N. The minimum absolute atomic E-state index is 0.248. The number of hydrogen-bond donors (Lipinski definition) is 2. The normalized spacial score (nSPS) is 11.3. The summed E-state index contributed by atoms with van der Waals surface area (Å²) in [5.74, 6) is 0. The molecule has 3 N–H and O–H groups in total. The highest BCUT2D eigenvalue weighted by Gasteiger charge is 2.17. The monoisotopic (exact) mass is 340 g/mol. The zero-order chi connectivity index (χ0) is 14.0. The molecule has 0 atom stereocenters. The zero-order valence-corrected chi connectivity index (χ0v) is 12.6. The van der Waals surface area contributed by atoms with E-state index in [0.29, 0.717) is 16.9 Å². The lowest BCUT2D eigenvalue weighted by molar-refractivity contribution is 0.600. The number of nitrogen functional groups attached to an aromatic ring is 1. The second-order valence-electron chi connectivity index (χ2n) is 4.10. The second-order valence-corrected chi connectivity index (χ2v) is 6.67. The van der Waals surface area contributed by atoms with E-state index in [9.17, 15) is 8.42 Å². The van der Waals surface area contributed by atoms with Crippen LogP contribution in [0.15, 0.2) is 51.8 Å². The largest absolute Gasteiger partial charge is 0.397 e. The van der Waals surface area contributed by atoms with E-state index < -0.39 is 10.0 Å². The van der Waals surface area contributed by atoms with E-state index in [0.717, 1.165) is 4.47 Å². The molecule has 0 saturated carbocycles. The molecule has 4 nitrogen and oxygen atoms in total. The van der Waals surface area contributed by atoms with Crippen molar-refractivity contribution in [2.75, 3.05) is 10.5 Å². The molecule has 2 aromatic carbocycles. The van der Waals surface area contributed by atoms with Crippen LogP contribution in [0.4, 0.5) is 11.4 Å². The molecule has 0 saturated heterocycles. The molecule has 0 amide bonds. The van der Waals surface area contributed by atoms with Crippen LogP contribution in [0, 0.1) is 6.92 Å². The Balaban J connectivity index is 2.40. The smallest absolute Gasteiger partial charge is 0.262 e. The lowest BCUT2D eigenvalue weighted by atomic mass is 10.2. The van der Waals surface area contributed by atoms with E-state index in [-0.39, 0.29) is 4.90 Å². The van der Waals surface area contributed by atoms with Gasteiger partial charge in [0, 0.05) is 4.47 Å². The van der Waals surface area contributed by atoms with Gasteiger partial charge in [-0.1, -0.05) is 34.1 Å². The minimum atomic E-state index is -3.62. The predicted octanol–water partition coefficient (Wildman–Crippen LogP) is 3.14. The zero-order valence-electron chi connectivity index (χ0n) is 10.2. The number of rotatable bonds is 3. The number of benzene rings is 2. The molecule has 0 unspecified atom stereocenters. The minimum Gasteiger partial charge on any atom is -0.397 e. The van der Waals surface area contributed by atoms with Crippen LogP contribution in [-0.2, 0) is 10.0 Å². The van der Waals surface area contributed by atoms with Crippen LogP contribution in [0.1, 0.15) is 5.56 Å². The maximum absolute atomic E-state index is 12.3. The van der Waals surface area contributed by atoms with Gasteiger partial charge >= 0.3 is 0 Å². The Kier molecular flexibility index (Phi) is 3.82. The fraction of sp³-hybridized carbons (Fsp3) is 0.0769. The van der Waals surface area contributed by atoms with Crippen molar-refractivity contribution in [2.24, 2.45) is 0 Å². The summed E-state index contributed by atoms with van der Waals surface area (Å²) in [4.78, 5) is 0.248. The Hall–Kier alpha value is -1.53. The van der Waals surface area contributed by atoms with Crippen LogP contribution in [0.2, 0.25) is 0 Å². The summed E-state index contributed by atoms with van der Waals surface area (Å²) in [7, 11) is -3.62. The van der Waals surface area contributed by atoms with Crippen molar-refractivity contribution >= 4 is 37.3 Å². The Morgan fingerprint density at radius 3 is 2.47 bits per heavy atom. The van der Waals surface area contributed by atoms with Gasteiger partial charge in [0.15, 0.2) is 0 Å². The van der Waals surface area contributed by atoms with Crippen molar-refractivity contribution in [3.63, 3.8) is 0 Å². The van der Waals surface area contributed by atoms with Crippen LogP contribution >= 0.6 is 15.9 Å². The van der Waals surface area contributed by atoms with E-state index in [1.807, 2.05) is 0 Å². The quantitative estimate of drug-likeness (QED) is 0.843. The maximum Gasteiger partial charge on any atom is 0.262 e. The first-order valence-electron chi connectivity index (χ1n) is 5.53. The maximum atomic E-state index is 12.3. The van der Waals surface area contributed by atoms with Crippen molar-refractivity contribution < 1.29 is 8.42 Å². The molecule has 0 heterocycles.